The zero-order valence-corrected chi connectivity index (χ0v) is 12.4. The van der Waals surface area contributed by atoms with Crippen molar-refractivity contribution >= 4 is 11.6 Å². The van der Waals surface area contributed by atoms with Gasteiger partial charge in [-0.05, 0) is 30.7 Å². The van der Waals surface area contributed by atoms with E-state index >= 15 is 0 Å². The quantitative estimate of drug-likeness (QED) is 0.891. The van der Waals surface area contributed by atoms with Crippen LogP contribution in [0.25, 0.3) is 0 Å². The van der Waals surface area contributed by atoms with E-state index in [1.807, 2.05) is 0 Å². The van der Waals surface area contributed by atoms with Crippen LogP contribution in [0.5, 0.6) is 11.6 Å². The highest BCUT2D eigenvalue weighted by Crippen LogP contribution is 2.22. The maximum atomic E-state index is 13.6. The number of anilines is 1. The second-order valence-electron chi connectivity index (χ2n) is 4.49. The number of ether oxygens (including phenoxy) is 2. The summed E-state index contributed by atoms with van der Waals surface area (Å²) in [5.41, 5.74) is 0.436. The Balaban J connectivity index is 2.11. The van der Waals surface area contributed by atoms with Gasteiger partial charge >= 0.3 is 0 Å². The third-order valence-electron chi connectivity index (χ3n) is 2.99. The smallest absolute Gasteiger partial charge is 0.265 e. The van der Waals surface area contributed by atoms with E-state index in [2.05, 4.69) is 10.3 Å². The van der Waals surface area contributed by atoms with Crippen LogP contribution < -0.4 is 14.8 Å². The molecule has 0 saturated carbocycles. The van der Waals surface area contributed by atoms with Crippen LogP contribution in [0.4, 0.5) is 10.1 Å². The zero-order valence-electron chi connectivity index (χ0n) is 12.4. The lowest BCUT2D eigenvalue weighted by Gasteiger charge is -2.18. The molecule has 5 nitrogen and oxygen atoms in total. The third-order valence-corrected chi connectivity index (χ3v) is 2.99. The lowest BCUT2D eigenvalue weighted by atomic mass is 10.2. The van der Waals surface area contributed by atoms with Gasteiger partial charge in [0.1, 0.15) is 5.69 Å². The first-order valence-corrected chi connectivity index (χ1v) is 6.86. The molecule has 0 spiro atoms. The van der Waals surface area contributed by atoms with Gasteiger partial charge in [-0.15, -0.1) is 0 Å². The standard InChI is InChI=1S/C16H17FN2O3/c1-3-13(22-14-9-5-4-7-11(14)17)15(20)19-12-8-6-10-18-16(12)21-2/h4-10,13H,3H2,1-2H3,(H,19,20)/t13-/m0/s1. The first-order chi connectivity index (χ1) is 10.7. The molecule has 22 heavy (non-hydrogen) atoms. The van der Waals surface area contributed by atoms with Gasteiger partial charge in [0, 0.05) is 6.20 Å². The number of para-hydroxylation sites is 1. The van der Waals surface area contributed by atoms with Crippen molar-refractivity contribution in [3.8, 4) is 11.6 Å². The van der Waals surface area contributed by atoms with E-state index in [4.69, 9.17) is 9.47 Å². The largest absolute Gasteiger partial charge is 0.480 e. The highest BCUT2D eigenvalue weighted by Gasteiger charge is 2.21. The van der Waals surface area contributed by atoms with Crippen molar-refractivity contribution in [2.75, 3.05) is 12.4 Å². The summed E-state index contributed by atoms with van der Waals surface area (Å²) in [5, 5.41) is 2.68. The minimum absolute atomic E-state index is 0.0441. The van der Waals surface area contributed by atoms with Crippen molar-refractivity contribution in [2.24, 2.45) is 0 Å². The van der Waals surface area contributed by atoms with Gasteiger partial charge in [-0.2, -0.15) is 0 Å². The first-order valence-electron chi connectivity index (χ1n) is 6.86. The summed E-state index contributed by atoms with van der Waals surface area (Å²) in [7, 11) is 1.46. The Hall–Kier alpha value is -2.63. The molecule has 0 fully saturated rings. The molecule has 0 aliphatic rings. The summed E-state index contributed by atoms with van der Waals surface area (Å²) in [6.07, 6.45) is 1.13. The molecule has 0 bridgehead atoms. The van der Waals surface area contributed by atoms with Gasteiger partial charge in [0.15, 0.2) is 17.7 Å². The Kier molecular flexibility index (Phi) is 5.30. The lowest BCUT2D eigenvalue weighted by molar-refractivity contribution is -0.122. The molecule has 1 aromatic carbocycles. The topological polar surface area (TPSA) is 60.5 Å². The summed E-state index contributed by atoms with van der Waals surface area (Å²) in [5.74, 6) is -0.552. The molecule has 1 heterocycles. The van der Waals surface area contributed by atoms with Crippen LogP contribution in [0.15, 0.2) is 42.6 Å². The van der Waals surface area contributed by atoms with Crippen molar-refractivity contribution < 1.29 is 18.7 Å². The monoisotopic (exact) mass is 304 g/mol. The van der Waals surface area contributed by atoms with Crippen LogP contribution >= 0.6 is 0 Å². The van der Waals surface area contributed by atoms with Gasteiger partial charge in [-0.25, -0.2) is 9.37 Å². The number of hydrogen-bond acceptors (Lipinski definition) is 4. The molecule has 0 aliphatic heterocycles. The normalized spacial score (nSPS) is 11.6. The van der Waals surface area contributed by atoms with Gasteiger partial charge in [0.25, 0.3) is 5.91 Å². The molecule has 0 saturated heterocycles. The summed E-state index contributed by atoms with van der Waals surface area (Å²) < 4.78 is 24.1. The molecule has 6 heteroatoms. The third kappa shape index (κ3) is 3.72. The van der Waals surface area contributed by atoms with Crippen LogP contribution in [0, 0.1) is 5.82 Å². The lowest BCUT2D eigenvalue weighted by Crippen LogP contribution is -2.32. The Morgan fingerprint density at radius 2 is 2.09 bits per heavy atom. The predicted molar refractivity (Wildman–Crippen MR) is 80.5 cm³/mol. The molecule has 0 unspecified atom stereocenters. The molecule has 0 radical (unpaired) electrons. The number of carbonyl (C=O) groups excluding carboxylic acids is 1. The highest BCUT2D eigenvalue weighted by molar-refractivity contribution is 5.95. The van der Waals surface area contributed by atoms with Crippen molar-refractivity contribution in [2.45, 2.75) is 19.4 Å². The average Bonchev–Trinajstić information content (AvgIpc) is 2.54. The number of carbonyl (C=O) groups is 1. The SMILES string of the molecule is CC[C@H](Oc1ccccc1F)C(=O)Nc1cccnc1OC. The van der Waals surface area contributed by atoms with Crippen molar-refractivity contribution in [1.29, 1.82) is 0 Å². The van der Waals surface area contributed by atoms with Gasteiger partial charge in [0.2, 0.25) is 5.88 Å². The van der Waals surface area contributed by atoms with E-state index in [9.17, 15) is 9.18 Å². The second kappa shape index (κ2) is 7.40. The molecule has 2 aromatic rings. The second-order valence-corrected chi connectivity index (χ2v) is 4.49. The fourth-order valence-electron chi connectivity index (χ4n) is 1.88. The first kappa shape index (κ1) is 15.8. The number of aromatic nitrogens is 1. The number of halogens is 1. The fourth-order valence-corrected chi connectivity index (χ4v) is 1.88. The van der Waals surface area contributed by atoms with Crippen LogP contribution in [-0.4, -0.2) is 24.1 Å². The highest BCUT2D eigenvalue weighted by atomic mass is 19.1. The Labute approximate surface area is 128 Å². The van der Waals surface area contributed by atoms with Crippen LogP contribution in [0.1, 0.15) is 13.3 Å². The molecule has 2 rings (SSSR count). The van der Waals surface area contributed by atoms with E-state index < -0.39 is 17.8 Å². The van der Waals surface area contributed by atoms with E-state index in [-0.39, 0.29) is 5.75 Å². The van der Waals surface area contributed by atoms with E-state index in [1.54, 1.807) is 37.4 Å². The van der Waals surface area contributed by atoms with Gasteiger partial charge in [-0.1, -0.05) is 19.1 Å². The minimum Gasteiger partial charge on any atom is -0.480 e. The zero-order chi connectivity index (χ0) is 15.9. The molecule has 1 atom stereocenters. The van der Waals surface area contributed by atoms with Crippen LogP contribution in [0.2, 0.25) is 0 Å². The molecule has 1 N–H and O–H groups in total. The summed E-state index contributed by atoms with van der Waals surface area (Å²) in [4.78, 5) is 16.3. The molecular weight excluding hydrogens is 287 g/mol. The number of pyridine rings is 1. The number of rotatable bonds is 6. The van der Waals surface area contributed by atoms with Gasteiger partial charge in [0.05, 0.1) is 7.11 Å². The van der Waals surface area contributed by atoms with Gasteiger partial charge < -0.3 is 14.8 Å². The van der Waals surface area contributed by atoms with E-state index in [0.29, 0.717) is 18.0 Å². The summed E-state index contributed by atoms with van der Waals surface area (Å²) in [6.45, 7) is 1.78. The van der Waals surface area contributed by atoms with Crippen molar-refractivity contribution in [1.82, 2.24) is 4.98 Å². The van der Waals surface area contributed by atoms with Crippen LogP contribution in [0.3, 0.4) is 0 Å². The Morgan fingerprint density at radius 3 is 2.77 bits per heavy atom. The molecule has 116 valence electrons. The molecule has 0 aliphatic carbocycles. The average molecular weight is 304 g/mol. The summed E-state index contributed by atoms with van der Waals surface area (Å²) >= 11 is 0. The van der Waals surface area contributed by atoms with Gasteiger partial charge in [-0.3, -0.25) is 4.79 Å². The number of benzene rings is 1. The van der Waals surface area contributed by atoms with Crippen LogP contribution in [-0.2, 0) is 4.79 Å². The molecule has 1 aromatic heterocycles. The Bertz CT molecular complexity index is 649. The molecule has 1 amide bonds. The van der Waals surface area contributed by atoms with Crippen molar-refractivity contribution in [3.05, 3.63) is 48.4 Å². The van der Waals surface area contributed by atoms with Crippen molar-refractivity contribution in [3.63, 3.8) is 0 Å². The molecular formula is C16H17FN2O3. The Morgan fingerprint density at radius 1 is 1.32 bits per heavy atom. The number of nitrogens with one attached hydrogen (secondary N) is 1. The predicted octanol–water partition coefficient (Wildman–Crippen LogP) is 3.03. The fraction of sp³-hybridized carbons (Fsp3) is 0.250. The number of amides is 1. The summed E-state index contributed by atoms with van der Waals surface area (Å²) in [6, 6.07) is 9.31. The minimum atomic E-state index is -0.818. The maximum Gasteiger partial charge on any atom is 0.265 e. The number of nitrogens with zero attached hydrogens (tertiary/aromatic N) is 1. The van der Waals surface area contributed by atoms with E-state index in [0.717, 1.165) is 0 Å². The number of hydrogen-bond donors (Lipinski definition) is 1. The number of methoxy groups -OCH3 is 1. The maximum absolute atomic E-state index is 13.6. The van der Waals surface area contributed by atoms with E-state index in [1.165, 1.54) is 19.2 Å².